The van der Waals surface area contributed by atoms with Gasteiger partial charge in [-0.25, -0.2) is 0 Å². The molecule has 0 aromatic rings. The minimum absolute atomic E-state index is 0.518. The minimum Gasteiger partial charge on any atom is -0.313 e. The first-order valence-electron chi connectivity index (χ1n) is 6.41. The summed E-state index contributed by atoms with van der Waals surface area (Å²) in [4.78, 5) is 0. The van der Waals surface area contributed by atoms with E-state index >= 15 is 0 Å². The highest BCUT2D eigenvalue weighted by molar-refractivity contribution is 7.85. The third kappa shape index (κ3) is 3.28. The summed E-state index contributed by atoms with van der Waals surface area (Å²) in [6.07, 6.45) is 7.70. The maximum Gasteiger partial charge on any atom is 0.0394 e. The smallest absolute Gasteiger partial charge is 0.0394 e. The number of hydrogen-bond donors (Lipinski definition) is 1. The number of hydrogen-bond acceptors (Lipinski definition) is 2. The fourth-order valence-corrected chi connectivity index (χ4v) is 4.46. The van der Waals surface area contributed by atoms with Gasteiger partial charge in [0.1, 0.15) is 0 Å². The standard InChI is InChI=1S/C12H23NOS/c1-2-13-12(10-7-8-10)9-15(14)11-5-3-4-6-11/h10-13H,2-9H2,1H3. The van der Waals surface area contributed by atoms with Gasteiger partial charge in [-0.1, -0.05) is 19.8 Å². The molecule has 2 atom stereocenters. The molecule has 2 nitrogen and oxygen atoms in total. The molecule has 0 amide bonds. The zero-order valence-corrected chi connectivity index (χ0v) is 10.5. The summed E-state index contributed by atoms with van der Waals surface area (Å²) in [7, 11) is -0.570. The Kier molecular flexibility index (Phi) is 4.21. The molecule has 0 saturated heterocycles. The lowest BCUT2D eigenvalue weighted by Crippen LogP contribution is -2.37. The van der Waals surface area contributed by atoms with Gasteiger partial charge in [-0.3, -0.25) is 4.21 Å². The van der Waals surface area contributed by atoms with Crippen LogP contribution >= 0.6 is 0 Å². The van der Waals surface area contributed by atoms with E-state index in [1.165, 1.54) is 38.5 Å². The third-order valence-corrected chi connectivity index (χ3v) is 5.58. The highest BCUT2D eigenvalue weighted by Gasteiger charge is 2.33. The summed E-state index contributed by atoms with van der Waals surface area (Å²) in [5.74, 6) is 1.73. The Morgan fingerprint density at radius 1 is 1.27 bits per heavy atom. The molecule has 0 aliphatic heterocycles. The van der Waals surface area contributed by atoms with E-state index in [1.54, 1.807) is 0 Å². The second-order valence-corrected chi connectivity index (χ2v) is 6.72. The maximum absolute atomic E-state index is 12.1. The normalized spacial score (nSPS) is 26.7. The summed E-state index contributed by atoms with van der Waals surface area (Å²) in [6.45, 7) is 3.16. The van der Waals surface area contributed by atoms with Crippen molar-refractivity contribution in [2.45, 2.75) is 56.7 Å². The SMILES string of the molecule is CCNC(CS(=O)C1CCCC1)C1CC1. The van der Waals surface area contributed by atoms with Crippen LogP contribution in [0, 0.1) is 5.92 Å². The van der Waals surface area contributed by atoms with E-state index in [0.717, 1.165) is 18.2 Å². The van der Waals surface area contributed by atoms with Crippen LogP contribution in [0.25, 0.3) is 0 Å². The summed E-state index contributed by atoms with van der Waals surface area (Å²) in [5, 5.41) is 4.02. The molecular weight excluding hydrogens is 206 g/mol. The average Bonchev–Trinajstić information content (AvgIpc) is 2.92. The van der Waals surface area contributed by atoms with Gasteiger partial charge in [-0.15, -0.1) is 0 Å². The largest absolute Gasteiger partial charge is 0.313 e. The lowest BCUT2D eigenvalue weighted by Gasteiger charge is -2.19. The molecule has 0 radical (unpaired) electrons. The summed E-state index contributed by atoms with van der Waals surface area (Å²) in [6, 6.07) is 0.538. The summed E-state index contributed by atoms with van der Waals surface area (Å²) < 4.78 is 12.1. The van der Waals surface area contributed by atoms with Crippen LogP contribution in [0.5, 0.6) is 0 Å². The first-order valence-corrected chi connectivity index (χ1v) is 7.80. The van der Waals surface area contributed by atoms with Crippen LogP contribution in [0.3, 0.4) is 0 Å². The van der Waals surface area contributed by atoms with Crippen LogP contribution in [0.15, 0.2) is 0 Å². The lowest BCUT2D eigenvalue weighted by atomic mass is 10.2. The highest BCUT2D eigenvalue weighted by Crippen LogP contribution is 2.34. The van der Waals surface area contributed by atoms with Gasteiger partial charge in [0.15, 0.2) is 0 Å². The maximum atomic E-state index is 12.1. The molecule has 2 aliphatic carbocycles. The van der Waals surface area contributed by atoms with Crippen LogP contribution in [0.4, 0.5) is 0 Å². The first-order chi connectivity index (χ1) is 7.31. The Bertz CT molecular complexity index is 222. The average molecular weight is 229 g/mol. The van der Waals surface area contributed by atoms with Gasteiger partial charge in [-0.05, 0) is 38.1 Å². The van der Waals surface area contributed by atoms with Crippen molar-refractivity contribution in [1.29, 1.82) is 0 Å². The van der Waals surface area contributed by atoms with Crippen molar-refractivity contribution >= 4 is 10.8 Å². The second-order valence-electron chi connectivity index (χ2n) is 4.96. The van der Waals surface area contributed by atoms with Gasteiger partial charge in [0, 0.05) is 27.8 Å². The number of rotatable bonds is 6. The molecule has 2 aliphatic rings. The van der Waals surface area contributed by atoms with E-state index in [9.17, 15) is 4.21 Å². The lowest BCUT2D eigenvalue weighted by molar-refractivity contribution is 0.512. The van der Waals surface area contributed by atoms with Crippen LogP contribution in [0.2, 0.25) is 0 Å². The second kappa shape index (κ2) is 5.44. The predicted molar refractivity (Wildman–Crippen MR) is 65.5 cm³/mol. The van der Waals surface area contributed by atoms with Crippen molar-refractivity contribution < 1.29 is 4.21 Å². The van der Waals surface area contributed by atoms with Crippen molar-refractivity contribution in [3.63, 3.8) is 0 Å². The molecule has 2 saturated carbocycles. The Labute approximate surface area is 95.7 Å². The van der Waals surface area contributed by atoms with E-state index in [-0.39, 0.29) is 0 Å². The molecule has 2 fully saturated rings. The molecule has 0 aromatic heterocycles. The van der Waals surface area contributed by atoms with Crippen molar-refractivity contribution in [3.8, 4) is 0 Å². The third-order valence-electron chi connectivity index (χ3n) is 3.68. The van der Waals surface area contributed by atoms with Gasteiger partial charge >= 0.3 is 0 Å². The van der Waals surface area contributed by atoms with Gasteiger partial charge < -0.3 is 5.32 Å². The molecule has 0 heterocycles. The molecule has 0 spiro atoms. The Hall–Kier alpha value is 0.110. The number of nitrogens with one attached hydrogen (secondary N) is 1. The van der Waals surface area contributed by atoms with E-state index in [4.69, 9.17) is 0 Å². The van der Waals surface area contributed by atoms with Crippen molar-refractivity contribution in [3.05, 3.63) is 0 Å². The molecule has 2 rings (SSSR count). The van der Waals surface area contributed by atoms with Crippen LogP contribution in [-0.2, 0) is 10.8 Å². The van der Waals surface area contributed by atoms with Crippen molar-refractivity contribution in [1.82, 2.24) is 5.32 Å². The van der Waals surface area contributed by atoms with E-state index < -0.39 is 10.8 Å². The van der Waals surface area contributed by atoms with Crippen LogP contribution in [-0.4, -0.2) is 27.8 Å². The van der Waals surface area contributed by atoms with Gasteiger partial charge in [-0.2, -0.15) is 0 Å². The zero-order valence-electron chi connectivity index (χ0n) is 9.71. The minimum atomic E-state index is -0.570. The van der Waals surface area contributed by atoms with Crippen molar-refractivity contribution in [2.24, 2.45) is 5.92 Å². The van der Waals surface area contributed by atoms with Crippen LogP contribution < -0.4 is 5.32 Å². The monoisotopic (exact) mass is 229 g/mol. The molecule has 88 valence electrons. The van der Waals surface area contributed by atoms with Crippen LogP contribution in [0.1, 0.15) is 45.4 Å². The Morgan fingerprint density at radius 2 is 1.93 bits per heavy atom. The Balaban J connectivity index is 1.79. The van der Waals surface area contributed by atoms with Gasteiger partial charge in [0.25, 0.3) is 0 Å². The fourth-order valence-electron chi connectivity index (χ4n) is 2.59. The summed E-state index contributed by atoms with van der Waals surface area (Å²) >= 11 is 0. The fraction of sp³-hybridized carbons (Fsp3) is 1.00. The zero-order chi connectivity index (χ0) is 10.7. The van der Waals surface area contributed by atoms with E-state index in [0.29, 0.717) is 11.3 Å². The summed E-state index contributed by atoms with van der Waals surface area (Å²) in [5.41, 5.74) is 0. The highest BCUT2D eigenvalue weighted by atomic mass is 32.2. The predicted octanol–water partition coefficient (Wildman–Crippen LogP) is 2.07. The molecule has 3 heteroatoms. The first kappa shape index (κ1) is 11.6. The topological polar surface area (TPSA) is 29.1 Å². The molecule has 0 bridgehead atoms. The van der Waals surface area contributed by atoms with Gasteiger partial charge in [0.05, 0.1) is 0 Å². The molecule has 15 heavy (non-hydrogen) atoms. The van der Waals surface area contributed by atoms with E-state index in [1.807, 2.05) is 0 Å². The Morgan fingerprint density at radius 3 is 2.47 bits per heavy atom. The van der Waals surface area contributed by atoms with Gasteiger partial charge in [0.2, 0.25) is 0 Å². The molecule has 1 N–H and O–H groups in total. The van der Waals surface area contributed by atoms with Crippen molar-refractivity contribution in [2.75, 3.05) is 12.3 Å². The molecular formula is C12H23NOS. The van der Waals surface area contributed by atoms with E-state index in [2.05, 4.69) is 12.2 Å². The quantitative estimate of drug-likeness (QED) is 0.755. The molecule has 2 unspecified atom stereocenters. The molecule has 0 aromatic carbocycles.